The SMILES string of the molecule is N#Cc1nc([N+](=O)[O-])c(C(F)F)cc1O. The van der Waals surface area contributed by atoms with Gasteiger partial charge in [0.25, 0.3) is 12.1 Å². The minimum Gasteiger partial charge on any atom is -0.503 e. The molecule has 0 aliphatic heterocycles. The van der Waals surface area contributed by atoms with Gasteiger partial charge in [-0.25, -0.2) is 8.78 Å². The largest absolute Gasteiger partial charge is 0.503 e. The highest BCUT2D eigenvalue weighted by Gasteiger charge is 2.27. The quantitative estimate of drug-likeness (QED) is 0.595. The summed E-state index contributed by atoms with van der Waals surface area (Å²) in [6.45, 7) is 0. The van der Waals surface area contributed by atoms with E-state index in [2.05, 4.69) is 4.98 Å². The molecule has 1 heterocycles. The Kier molecular flexibility index (Phi) is 2.75. The van der Waals surface area contributed by atoms with E-state index in [0.717, 1.165) is 0 Å². The maximum atomic E-state index is 12.3. The molecule has 0 aliphatic rings. The molecule has 0 spiro atoms. The monoisotopic (exact) mass is 215 g/mol. The minimum atomic E-state index is -3.14. The van der Waals surface area contributed by atoms with E-state index in [9.17, 15) is 18.9 Å². The Labute approximate surface area is 81.6 Å². The summed E-state index contributed by atoms with van der Waals surface area (Å²) in [5, 5.41) is 27.7. The highest BCUT2D eigenvalue weighted by molar-refractivity contribution is 5.46. The number of nitriles is 1. The molecule has 8 heteroatoms. The van der Waals surface area contributed by atoms with E-state index < -0.39 is 34.2 Å². The van der Waals surface area contributed by atoms with Crippen molar-refractivity contribution < 1.29 is 18.8 Å². The standard InChI is InChI=1S/C7H3F2N3O3/c8-6(9)3-1-5(13)4(2-10)11-7(3)12(14)15/h1,6,13H. The molecule has 0 atom stereocenters. The predicted octanol–water partition coefficient (Wildman–Crippen LogP) is 1.50. The van der Waals surface area contributed by atoms with E-state index in [-0.39, 0.29) is 0 Å². The maximum Gasteiger partial charge on any atom is 0.374 e. The topological polar surface area (TPSA) is 100 Å². The molecule has 1 aromatic rings. The fraction of sp³-hybridized carbons (Fsp3) is 0.143. The van der Waals surface area contributed by atoms with Gasteiger partial charge in [0.15, 0.2) is 11.8 Å². The number of aromatic nitrogens is 1. The summed E-state index contributed by atoms with van der Waals surface area (Å²) in [6.07, 6.45) is -3.14. The van der Waals surface area contributed by atoms with Crippen LogP contribution in [0.5, 0.6) is 5.75 Å². The molecule has 0 aliphatic carbocycles. The van der Waals surface area contributed by atoms with Crippen LogP contribution in [0.1, 0.15) is 17.7 Å². The third kappa shape index (κ3) is 1.96. The average Bonchev–Trinajstić information content (AvgIpc) is 2.16. The molecule has 0 saturated carbocycles. The van der Waals surface area contributed by atoms with Gasteiger partial charge in [0.05, 0.1) is 0 Å². The van der Waals surface area contributed by atoms with E-state index in [4.69, 9.17) is 10.4 Å². The molecule has 0 bridgehead atoms. The molecule has 1 aromatic heterocycles. The number of nitro groups is 1. The third-order valence-corrected chi connectivity index (χ3v) is 1.52. The number of hydrogen-bond donors (Lipinski definition) is 1. The zero-order chi connectivity index (χ0) is 11.6. The van der Waals surface area contributed by atoms with E-state index >= 15 is 0 Å². The van der Waals surface area contributed by atoms with Gasteiger partial charge in [0.2, 0.25) is 0 Å². The predicted molar refractivity (Wildman–Crippen MR) is 42.2 cm³/mol. The summed E-state index contributed by atoms with van der Waals surface area (Å²) in [7, 11) is 0. The van der Waals surface area contributed by atoms with Crippen LogP contribution >= 0.6 is 0 Å². The fourth-order valence-electron chi connectivity index (χ4n) is 0.897. The van der Waals surface area contributed by atoms with Crippen LogP contribution in [0.25, 0.3) is 0 Å². The van der Waals surface area contributed by atoms with Crippen LogP contribution in [0, 0.1) is 21.4 Å². The first-order valence-corrected chi connectivity index (χ1v) is 3.54. The van der Waals surface area contributed by atoms with Crippen molar-refractivity contribution in [2.75, 3.05) is 0 Å². The molecular formula is C7H3F2N3O3. The Morgan fingerprint density at radius 3 is 2.67 bits per heavy atom. The molecule has 1 N–H and O–H groups in total. The zero-order valence-corrected chi connectivity index (χ0v) is 7.02. The Bertz CT molecular complexity index is 456. The summed E-state index contributed by atoms with van der Waals surface area (Å²) in [5.41, 5.74) is -1.68. The lowest BCUT2D eigenvalue weighted by Crippen LogP contribution is -2.01. The van der Waals surface area contributed by atoms with Gasteiger partial charge in [-0.05, 0) is 9.91 Å². The van der Waals surface area contributed by atoms with E-state index in [1.165, 1.54) is 6.07 Å². The molecule has 1 rings (SSSR count). The number of pyridine rings is 1. The molecule has 0 aromatic carbocycles. The Balaban J connectivity index is 3.47. The number of aromatic hydroxyl groups is 1. The lowest BCUT2D eigenvalue weighted by molar-refractivity contribution is -0.391. The van der Waals surface area contributed by atoms with Crippen molar-refractivity contribution in [1.82, 2.24) is 4.98 Å². The first kappa shape index (κ1) is 10.8. The van der Waals surface area contributed by atoms with Gasteiger partial charge in [-0.2, -0.15) is 5.26 Å². The van der Waals surface area contributed by atoms with Crippen molar-refractivity contribution in [3.05, 3.63) is 27.4 Å². The average molecular weight is 215 g/mol. The summed E-state index contributed by atoms with van der Waals surface area (Å²) in [6, 6.07) is 1.81. The Morgan fingerprint density at radius 1 is 1.67 bits per heavy atom. The summed E-state index contributed by atoms with van der Waals surface area (Å²) < 4.78 is 24.5. The second kappa shape index (κ2) is 3.83. The molecule has 0 saturated heterocycles. The van der Waals surface area contributed by atoms with Crippen molar-refractivity contribution >= 4 is 5.82 Å². The Morgan fingerprint density at radius 2 is 2.27 bits per heavy atom. The molecule has 78 valence electrons. The van der Waals surface area contributed by atoms with E-state index in [0.29, 0.717) is 6.07 Å². The first-order valence-electron chi connectivity index (χ1n) is 3.54. The minimum absolute atomic E-state index is 0.467. The lowest BCUT2D eigenvalue weighted by Gasteiger charge is -2.01. The second-order valence-electron chi connectivity index (χ2n) is 2.44. The molecule has 0 unspecified atom stereocenters. The number of hydrogen-bond acceptors (Lipinski definition) is 5. The molecule has 15 heavy (non-hydrogen) atoms. The van der Waals surface area contributed by atoms with E-state index in [1.807, 2.05) is 0 Å². The fourth-order valence-corrected chi connectivity index (χ4v) is 0.897. The smallest absolute Gasteiger partial charge is 0.374 e. The Hall–Kier alpha value is -2.30. The number of halogens is 2. The van der Waals surface area contributed by atoms with Crippen molar-refractivity contribution in [3.8, 4) is 11.8 Å². The number of rotatable bonds is 2. The van der Waals surface area contributed by atoms with Crippen LogP contribution in [0.3, 0.4) is 0 Å². The van der Waals surface area contributed by atoms with Crippen molar-refractivity contribution in [3.63, 3.8) is 0 Å². The summed E-state index contributed by atoms with van der Waals surface area (Å²) in [4.78, 5) is 12.2. The molecule has 0 radical (unpaired) electrons. The van der Waals surface area contributed by atoms with Crippen molar-refractivity contribution in [1.29, 1.82) is 5.26 Å². The molecule has 0 amide bonds. The zero-order valence-electron chi connectivity index (χ0n) is 7.02. The second-order valence-corrected chi connectivity index (χ2v) is 2.44. The van der Waals surface area contributed by atoms with Gasteiger partial charge in [0, 0.05) is 6.07 Å². The van der Waals surface area contributed by atoms with E-state index in [1.54, 1.807) is 0 Å². The summed E-state index contributed by atoms with van der Waals surface area (Å²) >= 11 is 0. The van der Waals surface area contributed by atoms with Crippen LogP contribution in [0.2, 0.25) is 0 Å². The molecular weight excluding hydrogens is 212 g/mol. The van der Waals surface area contributed by atoms with Crippen LogP contribution in [-0.4, -0.2) is 15.0 Å². The van der Waals surface area contributed by atoms with Gasteiger partial charge in [0.1, 0.15) is 5.56 Å². The van der Waals surface area contributed by atoms with Crippen LogP contribution < -0.4 is 0 Å². The highest BCUT2D eigenvalue weighted by Crippen LogP contribution is 2.31. The number of nitrogens with zero attached hydrogens (tertiary/aromatic N) is 3. The lowest BCUT2D eigenvalue weighted by atomic mass is 10.2. The number of alkyl halides is 2. The molecule has 0 fully saturated rings. The van der Waals surface area contributed by atoms with Crippen LogP contribution in [0.15, 0.2) is 6.07 Å². The van der Waals surface area contributed by atoms with Gasteiger partial charge in [-0.1, -0.05) is 0 Å². The summed E-state index contributed by atoms with van der Waals surface area (Å²) in [5.74, 6) is -1.93. The van der Waals surface area contributed by atoms with Gasteiger partial charge >= 0.3 is 5.82 Å². The first-order chi connectivity index (χ1) is 6.97. The van der Waals surface area contributed by atoms with Crippen molar-refractivity contribution in [2.45, 2.75) is 6.43 Å². The van der Waals surface area contributed by atoms with Crippen LogP contribution in [-0.2, 0) is 0 Å². The van der Waals surface area contributed by atoms with Crippen molar-refractivity contribution in [2.24, 2.45) is 0 Å². The van der Waals surface area contributed by atoms with Gasteiger partial charge in [-0.15, -0.1) is 0 Å². The normalized spacial score (nSPS) is 10.0. The van der Waals surface area contributed by atoms with Gasteiger partial charge < -0.3 is 15.2 Å². The maximum absolute atomic E-state index is 12.3. The van der Waals surface area contributed by atoms with Gasteiger partial charge in [-0.3, -0.25) is 0 Å². The van der Waals surface area contributed by atoms with Crippen LogP contribution in [0.4, 0.5) is 14.6 Å². The third-order valence-electron chi connectivity index (χ3n) is 1.52. The highest BCUT2D eigenvalue weighted by atomic mass is 19.3. The molecule has 6 nitrogen and oxygen atoms in total.